The molecule has 0 unspecified atom stereocenters. The summed E-state index contributed by atoms with van der Waals surface area (Å²) >= 11 is 0. The van der Waals surface area contributed by atoms with Crippen LogP contribution in [0.2, 0.25) is 0 Å². The molecule has 0 fully saturated rings. The number of amides is 1. The highest BCUT2D eigenvalue weighted by molar-refractivity contribution is 6.04. The molecule has 0 saturated heterocycles. The Hall–Kier alpha value is -3.15. The van der Waals surface area contributed by atoms with E-state index >= 15 is 0 Å². The van der Waals surface area contributed by atoms with Gasteiger partial charge in [-0.05, 0) is 49.2 Å². The monoisotopic (exact) mass is 348 g/mol. The lowest BCUT2D eigenvalue weighted by Gasteiger charge is -2.15. The van der Waals surface area contributed by atoms with Gasteiger partial charge in [0.2, 0.25) is 0 Å². The van der Waals surface area contributed by atoms with Gasteiger partial charge in [0.15, 0.2) is 5.82 Å². The van der Waals surface area contributed by atoms with Crippen molar-refractivity contribution in [3.05, 3.63) is 59.9 Å². The van der Waals surface area contributed by atoms with Crippen LogP contribution in [-0.2, 0) is 13.0 Å². The van der Waals surface area contributed by atoms with E-state index in [1.807, 2.05) is 24.3 Å². The summed E-state index contributed by atoms with van der Waals surface area (Å²) in [6, 6.07) is 14.8. The van der Waals surface area contributed by atoms with E-state index in [2.05, 4.69) is 20.1 Å². The van der Waals surface area contributed by atoms with Crippen molar-refractivity contribution in [1.29, 1.82) is 0 Å². The van der Waals surface area contributed by atoms with Crippen LogP contribution in [0.15, 0.2) is 48.5 Å². The van der Waals surface area contributed by atoms with Crippen molar-refractivity contribution in [1.82, 2.24) is 14.8 Å². The van der Waals surface area contributed by atoms with Crippen molar-refractivity contribution in [3.8, 4) is 17.1 Å². The molecule has 26 heavy (non-hydrogen) atoms. The first-order valence-corrected chi connectivity index (χ1v) is 8.72. The van der Waals surface area contributed by atoms with Crippen LogP contribution in [0.4, 0.5) is 5.69 Å². The summed E-state index contributed by atoms with van der Waals surface area (Å²) in [5, 5.41) is 11.6. The number of aromatic nitrogens is 3. The van der Waals surface area contributed by atoms with E-state index in [0.29, 0.717) is 5.56 Å². The first-order chi connectivity index (χ1) is 12.7. The highest BCUT2D eigenvalue weighted by Gasteiger charge is 2.17. The number of carbonyl (C=O) groups is 1. The summed E-state index contributed by atoms with van der Waals surface area (Å²) in [6.45, 7) is 0.945. The van der Waals surface area contributed by atoms with Crippen LogP contribution < -0.4 is 10.1 Å². The van der Waals surface area contributed by atoms with Gasteiger partial charge in [0, 0.05) is 29.8 Å². The molecule has 0 atom stereocenters. The van der Waals surface area contributed by atoms with Gasteiger partial charge in [0.05, 0.1) is 7.11 Å². The molecule has 1 aromatic heterocycles. The van der Waals surface area contributed by atoms with E-state index < -0.39 is 0 Å². The van der Waals surface area contributed by atoms with Crippen LogP contribution >= 0.6 is 0 Å². The summed E-state index contributed by atoms with van der Waals surface area (Å²) in [5.74, 6) is 2.47. The topological polar surface area (TPSA) is 69.0 Å². The molecule has 2 aromatic carbocycles. The summed E-state index contributed by atoms with van der Waals surface area (Å²) in [4.78, 5) is 12.5. The number of carbonyl (C=O) groups excluding carboxylic acids is 1. The molecule has 1 aliphatic rings. The van der Waals surface area contributed by atoms with Crippen molar-refractivity contribution in [2.45, 2.75) is 25.8 Å². The lowest BCUT2D eigenvalue weighted by atomic mass is 10.1. The average molecular weight is 348 g/mol. The van der Waals surface area contributed by atoms with Gasteiger partial charge in [-0.1, -0.05) is 12.1 Å². The van der Waals surface area contributed by atoms with Crippen LogP contribution in [0.3, 0.4) is 0 Å². The van der Waals surface area contributed by atoms with Crippen molar-refractivity contribution >= 4 is 11.6 Å². The van der Waals surface area contributed by atoms with Crippen LogP contribution in [0.1, 0.15) is 29.0 Å². The van der Waals surface area contributed by atoms with Gasteiger partial charge in [-0.25, -0.2) is 0 Å². The molecule has 0 bridgehead atoms. The molecule has 0 radical (unpaired) electrons. The molecule has 0 saturated carbocycles. The molecule has 6 heteroatoms. The van der Waals surface area contributed by atoms with Gasteiger partial charge in [-0.2, -0.15) is 0 Å². The number of nitrogens with zero attached hydrogens (tertiary/aromatic N) is 3. The number of fused-ring (bicyclic) bond motifs is 1. The third-order valence-corrected chi connectivity index (χ3v) is 4.59. The first-order valence-electron chi connectivity index (χ1n) is 8.72. The van der Waals surface area contributed by atoms with Crippen molar-refractivity contribution in [3.63, 3.8) is 0 Å². The average Bonchev–Trinajstić information content (AvgIpc) is 3.12. The van der Waals surface area contributed by atoms with Gasteiger partial charge in [0.1, 0.15) is 11.6 Å². The highest BCUT2D eigenvalue weighted by Crippen LogP contribution is 2.25. The van der Waals surface area contributed by atoms with E-state index in [1.165, 1.54) is 0 Å². The molecule has 3 aromatic rings. The number of anilines is 1. The molecule has 1 amide bonds. The normalized spacial score (nSPS) is 13.1. The Bertz CT molecular complexity index is 931. The van der Waals surface area contributed by atoms with Crippen LogP contribution in [0.25, 0.3) is 11.4 Å². The van der Waals surface area contributed by atoms with E-state index in [-0.39, 0.29) is 5.91 Å². The predicted molar refractivity (Wildman–Crippen MR) is 99.3 cm³/mol. The zero-order chi connectivity index (χ0) is 17.9. The Morgan fingerprint density at radius 3 is 2.77 bits per heavy atom. The third kappa shape index (κ3) is 3.18. The Kier molecular flexibility index (Phi) is 4.39. The molecule has 6 nitrogen and oxygen atoms in total. The molecular weight excluding hydrogens is 328 g/mol. The maximum Gasteiger partial charge on any atom is 0.255 e. The van der Waals surface area contributed by atoms with Gasteiger partial charge in [-0.3, -0.25) is 4.79 Å². The SMILES string of the molecule is COc1ccc(C(=O)Nc2cccc(-c3nnc4n3CCCC4)c2)cc1. The molecular formula is C20H20N4O2. The zero-order valence-electron chi connectivity index (χ0n) is 14.6. The fourth-order valence-electron chi connectivity index (χ4n) is 3.20. The summed E-state index contributed by atoms with van der Waals surface area (Å²) in [7, 11) is 1.60. The van der Waals surface area contributed by atoms with Crippen molar-refractivity contribution in [2.24, 2.45) is 0 Å². The summed E-state index contributed by atoms with van der Waals surface area (Å²) in [5.41, 5.74) is 2.27. The zero-order valence-corrected chi connectivity index (χ0v) is 14.6. The van der Waals surface area contributed by atoms with E-state index in [1.54, 1.807) is 31.4 Å². The molecule has 132 valence electrons. The molecule has 0 aliphatic carbocycles. The van der Waals surface area contributed by atoms with E-state index in [0.717, 1.165) is 54.5 Å². The quantitative estimate of drug-likeness (QED) is 0.783. The van der Waals surface area contributed by atoms with E-state index in [9.17, 15) is 4.79 Å². The summed E-state index contributed by atoms with van der Waals surface area (Å²) < 4.78 is 7.30. The van der Waals surface area contributed by atoms with Gasteiger partial charge in [-0.15, -0.1) is 10.2 Å². The number of aryl methyl sites for hydroxylation is 1. The molecule has 2 heterocycles. The first kappa shape index (κ1) is 16.3. The number of benzene rings is 2. The molecule has 1 aliphatic heterocycles. The van der Waals surface area contributed by atoms with Gasteiger partial charge >= 0.3 is 0 Å². The van der Waals surface area contributed by atoms with Crippen LogP contribution in [0, 0.1) is 0 Å². The minimum atomic E-state index is -0.159. The van der Waals surface area contributed by atoms with Gasteiger partial charge in [0.25, 0.3) is 5.91 Å². The molecule has 0 spiro atoms. The standard InChI is InChI=1S/C20H20N4O2/c1-26-17-10-8-14(9-11-17)20(25)21-16-6-4-5-15(13-16)19-23-22-18-7-2-3-12-24(18)19/h4-6,8-11,13H,2-3,7,12H2,1H3,(H,21,25). The second kappa shape index (κ2) is 7.00. The fraction of sp³-hybridized carbons (Fsp3) is 0.250. The minimum absolute atomic E-state index is 0.159. The highest BCUT2D eigenvalue weighted by atomic mass is 16.5. The molecule has 1 N–H and O–H groups in total. The number of ether oxygens (including phenoxy) is 1. The number of rotatable bonds is 4. The predicted octanol–water partition coefficient (Wildman–Crippen LogP) is 3.54. The van der Waals surface area contributed by atoms with Gasteiger partial charge < -0.3 is 14.6 Å². The fourth-order valence-corrected chi connectivity index (χ4v) is 3.20. The number of hydrogen-bond acceptors (Lipinski definition) is 4. The Morgan fingerprint density at radius 2 is 1.96 bits per heavy atom. The lowest BCUT2D eigenvalue weighted by molar-refractivity contribution is 0.102. The second-order valence-corrected chi connectivity index (χ2v) is 6.31. The largest absolute Gasteiger partial charge is 0.497 e. The van der Waals surface area contributed by atoms with Crippen LogP contribution in [0.5, 0.6) is 5.75 Å². The summed E-state index contributed by atoms with van der Waals surface area (Å²) in [6.07, 6.45) is 3.28. The maximum atomic E-state index is 12.5. The number of nitrogens with one attached hydrogen (secondary N) is 1. The Morgan fingerprint density at radius 1 is 1.12 bits per heavy atom. The number of hydrogen-bond donors (Lipinski definition) is 1. The molecule has 4 rings (SSSR count). The van der Waals surface area contributed by atoms with Crippen molar-refractivity contribution in [2.75, 3.05) is 12.4 Å². The smallest absolute Gasteiger partial charge is 0.255 e. The lowest BCUT2D eigenvalue weighted by Crippen LogP contribution is -2.12. The van der Waals surface area contributed by atoms with E-state index in [4.69, 9.17) is 4.74 Å². The Balaban J connectivity index is 1.56. The number of methoxy groups -OCH3 is 1. The minimum Gasteiger partial charge on any atom is -0.497 e. The third-order valence-electron chi connectivity index (χ3n) is 4.59. The van der Waals surface area contributed by atoms with Crippen LogP contribution in [-0.4, -0.2) is 27.8 Å². The second-order valence-electron chi connectivity index (χ2n) is 6.31. The Labute approximate surface area is 151 Å². The van der Waals surface area contributed by atoms with Crippen molar-refractivity contribution < 1.29 is 9.53 Å². The maximum absolute atomic E-state index is 12.5.